The van der Waals surface area contributed by atoms with Gasteiger partial charge in [-0.15, -0.1) is 0 Å². The lowest BCUT2D eigenvalue weighted by atomic mass is 10.1. The van der Waals surface area contributed by atoms with E-state index in [-0.39, 0.29) is 5.69 Å². The number of nitrogens with one attached hydrogen (secondary N) is 2. The fourth-order valence-corrected chi connectivity index (χ4v) is 2.95. The molecule has 3 amide bonds. The van der Waals surface area contributed by atoms with Crippen LogP contribution < -0.4 is 21.1 Å². The Hall–Kier alpha value is -3.29. The molecule has 0 spiro atoms. The number of ether oxygens (including phenoxy) is 1. The van der Waals surface area contributed by atoms with E-state index in [0.717, 1.165) is 11.1 Å². The van der Waals surface area contributed by atoms with Crippen molar-refractivity contribution < 1.29 is 14.3 Å². The van der Waals surface area contributed by atoms with Gasteiger partial charge in [-0.2, -0.15) is 0 Å². The molecule has 3 rings (SSSR count). The van der Waals surface area contributed by atoms with E-state index >= 15 is 0 Å². The topological polar surface area (TPSA) is 106 Å². The number of carbonyl (C=O) groups excluding carboxylic acids is 2. The third-order valence-corrected chi connectivity index (χ3v) is 4.65. The number of nitrogens with zero attached hydrogens (tertiary/aromatic N) is 1. The van der Waals surface area contributed by atoms with Gasteiger partial charge in [0.2, 0.25) is 0 Å². The minimum absolute atomic E-state index is 0.122. The molecule has 0 radical (unpaired) electrons. The minimum atomic E-state index is -0.629. The van der Waals surface area contributed by atoms with Crippen LogP contribution in [0.5, 0.6) is 11.5 Å². The number of hydrogen-bond acceptors (Lipinski definition) is 4. The van der Waals surface area contributed by atoms with Crippen LogP contribution in [0.1, 0.15) is 21.6 Å². The molecule has 30 heavy (non-hydrogen) atoms. The van der Waals surface area contributed by atoms with E-state index in [4.69, 9.17) is 33.7 Å². The zero-order chi connectivity index (χ0) is 21.7. The maximum absolute atomic E-state index is 12.1. The molecule has 1 heterocycles. The summed E-state index contributed by atoms with van der Waals surface area (Å²) >= 11 is 12.0. The molecule has 2 aromatic carbocycles. The highest BCUT2D eigenvalue weighted by Gasteiger charge is 2.09. The zero-order valence-electron chi connectivity index (χ0n) is 15.9. The molecule has 0 aliphatic heterocycles. The summed E-state index contributed by atoms with van der Waals surface area (Å²) in [6.07, 6.45) is 1.45. The van der Waals surface area contributed by atoms with Gasteiger partial charge in [0.15, 0.2) is 0 Å². The van der Waals surface area contributed by atoms with Gasteiger partial charge >= 0.3 is 6.03 Å². The number of rotatable bonds is 6. The Bertz CT molecular complexity index is 1110. The van der Waals surface area contributed by atoms with Crippen molar-refractivity contribution in [2.45, 2.75) is 13.5 Å². The molecule has 0 fully saturated rings. The second-order valence-electron chi connectivity index (χ2n) is 6.37. The largest absolute Gasteiger partial charge is 0.457 e. The van der Waals surface area contributed by atoms with Crippen LogP contribution in [0.25, 0.3) is 0 Å². The lowest BCUT2D eigenvalue weighted by molar-refractivity contribution is 0.0995. The average molecular weight is 445 g/mol. The summed E-state index contributed by atoms with van der Waals surface area (Å²) < 4.78 is 5.81. The summed E-state index contributed by atoms with van der Waals surface area (Å²) in [6, 6.07) is 13.0. The first-order valence-corrected chi connectivity index (χ1v) is 9.60. The summed E-state index contributed by atoms with van der Waals surface area (Å²) in [5.41, 5.74) is 7.51. The smallest absolute Gasteiger partial charge is 0.319 e. The van der Waals surface area contributed by atoms with Gasteiger partial charge < -0.3 is 21.1 Å². The summed E-state index contributed by atoms with van der Waals surface area (Å²) in [7, 11) is 0. The number of nitrogens with two attached hydrogens (primary N) is 1. The molecular formula is C21H18Cl2N4O3. The Labute approximate surface area is 183 Å². The van der Waals surface area contributed by atoms with Crippen LogP contribution >= 0.6 is 23.2 Å². The number of amides is 3. The molecule has 0 aliphatic carbocycles. The third kappa shape index (κ3) is 5.62. The van der Waals surface area contributed by atoms with Gasteiger partial charge in [-0.05, 0) is 48.4 Å². The van der Waals surface area contributed by atoms with Gasteiger partial charge in [0, 0.05) is 23.8 Å². The van der Waals surface area contributed by atoms with Crippen LogP contribution in [-0.2, 0) is 6.54 Å². The lowest BCUT2D eigenvalue weighted by Crippen LogP contribution is -2.28. The van der Waals surface area contributed by atoms with Gasteiger partial charge in [0.1, 0.15) is 17.2 Å². The maximum Gasteiger partial charge on any atom is 0.319 e. The summed E-state index contributed by atoms with van der Waals surface area (Å²) in [5, 5.41) is 6.28. The van der Waals surface area contributed by atoms with Crippen LogP contribution in [-0.4, -0.2) is 16.9 Å². The molecule has 4 N–H and O–H groups in total. The van der Waals surface area contributed by atoms with Crippen molar-refractivity contribution in [3.63, 3.8) is 0 Å². The second-order valence-corrected chi connectivity index (χ2v) is 7.22. The average Bonchev–Trinajstić information content (AvgIpc) is 2.71. The number of anilines is 1. The van der Waals surface area contributed by atoms with Crippen molar-refractivity contribution in [2.24, 2.45) is 5.73 Å². The van der Waals surface area contributed by atoms with Gasteiger partial charge in [0.05, 0.1) is 10.7 Å². The first-order valence-electron chi connectivity index (χ1n) is 8.85. The highest BCUT2D eigenvalue weighted by Crippen LogP contribution is 2.27. The first kappa shape index (κ1) is 21.4. The molecule has 0 aliphatic rings. The standard InChI is InChI=1S/C21H18Cl2N4O3/c1-12-8-13(11-26-21(29)27-17-9-14(22)3-4-16(17)23)2-5-19(12)30-15-6-7-25-18(10-15)20(24)28/h2-10H,11H2,1H3,(H2,24,28)(H2,26,27,29). The highest BCUT2D eigenvalue weighted by molar-refractivity contribution is 6.35. The second kappa shape index (κ2) is 9.47. The lowest BCUT2D eigenvalue weighted by Gasteiger charge is -2.12. The number of aryl methyl sites for hydroxylation is 1. The quantitative estimate of drug-likeness (QED) is 0.501. The van der Waals surface area contributed by atoms with Crippen LogP contribution in [0.4, 0.5) is 10.5 Å². The normalized spacial score (nSPS) is 10.4. The van der Waals surface area contributed by atoms with Crippen LogP contribution in [0.3, 0.4) is 0 Å². The van der Waals surface area contributed by atoms with E-state index in [0.29, 0.717) is 33.8 Å². The molecule has 0 unspecified atom stereocenters. The minimum Gasteiger partial charge on any atom is -0.457 e. The Morgan fingerprint density at radius 1 is 1.10 bits per heavy atom. The highest BCUT2D eigenvalue weighted by atomic mass is 35.5. The summed E-state index contributed by atoms with van der Waals surface area (Å²) in [5.74, 6) is 0.428. The molecule has 0 saturated heterocycles. The Balaban J connectivity index is 1.61. The molecule has 0 bridgehead atoms. The summed E-state index contributed by atoms with van der Waals surface area (Å²) in [4.78, 5) is 27.3. The zero-order valence-corrected chi connectivity index (χ0v) is 17.4. The van der Waals surface area contributed by atoms with E-state index in [1.54, 1.807) is 30.3 Å². The molecule has 9 heteroatoms. The van der Waals surface area contributed by atoms with Crippen LogP contribution in [0.15, 0.2) is 54.7 Å². The molecule has 154 valence electrons. The van der Waals surface area contributed by atoms with E-state index in [1.165, 1.54) is 12.3 Å². The molecule has 7 nitrogen and oxygen atoms in total. The molecular weight excluding hydrogens is 427 g/mol. The van der Waals surface area contributed by atoms with Crippen molar-refractivity contribution in [1.82, 2.24) is 10.3 Å². The van der Waals surface area contributed by atoms with Gasteiger partial charge in [-0.1, -0.05) is 35.3 Å². The van der Waals surface area contributed by atoms with E-state index in [9.17, 15) is 9.59 Å². The Morgan fingerprint density at radius 3 is 2.63 bits per heavy atom. The number of hydrogen-bond donors (Lipinski definition) is 3. The van der Waals surface area contributed by atoms with Gasteiger partial charge in [-0.25, -0.2) is 4.79 Å². The Kier molecular flexibility index (Phi) is 6.76. The number of benzene rings is 2. The number of pyridine rings is 1. The Morgan fingerprint density at radius 2 is 1.90 bits per heavy atom. The first-order chi connectivity index (χ1) is 14.3. The van der Waals surface area contributed by atoms with Gasteiger partial charge in [0.25, 0.3) is 5.91 Å². The van der Waals surface area contributed by atoms with Crippen molar-refractivity contribution in [2.75, 3.05) is 5.32 Å². The number of primary amides is 1. The molecule has 0 saturated carbocycles. The fourth-order valence-electron chi connectivity index (χ4n) is 2.61. The van der Waals surface area contributed by atoms with Crippen molar-refractivity contribution in [3.05, 3.63) is 81.6 Å². The predicted octanol–water partition coefficient (Wildman–Crippen LogP) is 4.91. The van der Waals surface area contributed by atoms with E-state index in [2.05, 4.69) is 15.6 Å². The maximum atomic E-state index is 12.1. The molecule has 1 aromatic heterocycles. The number of aromatic nitrogens is 1. The van der Waals surface area contributed by atoms with Crippen LogP contribution in [0, 0.1) is 6.92 Å². The molecule has 3 aromatic rings. The van der Waals surface area contributed by atoms with Crippen molar-refractivity contribution >= 4 is 40.8 Å². The fraction of sp³-hybridized carbons (Fsp3) is 0.0952. The summed E-state index contributed by atoms with van der Waals surface area (Å²) in [6.45, 7) is 2.17. The van der Waals surface area contributed by atoms with Crippen molar-refractivity contribution in [1.29, 1.82) is 0 Å². The monoisotopic (exact) mass is 444 g/mol. The van der Waals surface area contributed by atoms with E-state index in [1.807, 2.05) is 19.1 Å². The van der Waals surface area contributed by atoms with Gasteiger partial charge in [-0.3, -0.25) is 9.78 Å². The van der Waals surface area contributed by atoms with Crippen molar-refractivity contribution in [3.8, 4) is 11.5 Å². The predicted molar refractivity (Wildman–Crippen MR) is 116 cm³/mol. The number of carbonyl (C=O) groups is 2. The third-order valence-electron chi connectivity index (χ3n) is 4.08. The number of urea groups is 1. The van der Waals surface area contributed by atoms with E-state index < -0.39 is 11.9 Å². The number of halogens is 2. The SMILES string of the molecule is Cc1cc(CNC(=O)Nc2cc(Cl)ccc2Cl)ccc1Oc1ccnc(C(N)=O)c1. The molecule has 0 atom stereocenters. The van der Waals surface area contributed by atoms with Crippen LogP contribution in [0.2, 0.25) is 10.0 Å².